The van der Waals surface area contributed by atoms with Gasteiger partial charge in [-0.25, -0.2) is 4.68 Å². The van der Waals surface area contributed by atoms with Crippen molar-refractivity contribution in [2.45, 2.75) is 20.8 Å². The van der Waals surface area contributed by atoms with Crippen LogP contribution in [-0.4, -0.2) is 20.6 Å². The molecule has 1 heterocycles. The van der Waals surface area contributed by atoms with Gasteiger partial charge in [0.25, 0.3) is 11.6 Å². The lowest BCUT2D eigenvalue weighted by Gasteiger charge is -2.13. The first kappa shape index (κ1) is 19.0. The standard InChI is InChI=1S/C20H18N4O4/c1-12-7-6-8-13(2)18(12)21-20(26)19-17(25)11-14(3)23(22-19)15-9-4-5-10-16(15)24(27)28/h4-11H,1-3H3,(H,21,26). The molecule has 1 N–H and O–H groups in total. The van der Waals surface area contributed by atoms with Crippen LogP contribution in [0, 0.1) is 30.9 Å². The van der Waals surface area contributed by atoms with E-state index in [9.17, 15) is 19.7 Å². The normalized spacial score (nSPS) is 10.5. The molecule has 0 unspecified atom stereocenters. The molecular weight excluding hydrogens is 360 g/mol. The van der Waals surface area contributed by atoms with Gasteiger partial charge in [0.15, 0.2) is 5.69 Å². The predicted octanol–water partition coefficient (Wildman–Crippen LogP) is 3.32. The Morgan fingerprint density at radius 2 is 1.71 bits per heavy atom. The number of carbonyl (C=O) groups is 1. The SMILES string of the molecule is Cc1cccc(C)c1NC(=O)c1nn(-c2ccccc2[N+](=O)[O-])c(C)cc1=O. The zero-order chi connectivity index (χ0) is 20.4. The summed E-state index contributed by atoms with van der Waals surface area (Å²) in [6.45, 7) is 5.28. The second-order valence-corrected chi connectivity index (χ2v) is 6.38. The number of hydrogen-bond donors (Lipinski definition) is 1. The van der Waals surface area contributed by atoms with E-state index in [1.807, 2.05) is 32.0 Å². The number of anilines is 1. The third-order valence-corrected chi connectivity index (χ3v) is 4.35. The molecule has 142 valence electrons. The summed E-state index contributed by atoms with van der Waals surface area (Å²) in [6.07, 6.45) is 0. The van der Waals surface area contributed by atoms with Crippen molar-refractivity contribution >= 4 is 17.3 Å². The van der Waals surface area contributed by atoms with Gasteiger partial charge in [0.1, 0.15) is 5.69 Å². The van der Waals surface area contributed by atoms with Crippen LogP contribution >= 0.6 is 0 Å². The molecule has 8 heteroatoms. The Labute approximate surface area is 160 Å². The molecular formula is C20H18N4O4. The first-order chi connectivity index (χ1) is 13.3. The van der Waals surface area contributed by atoms with Gasteiger partial charge in [-0.05, 0) is 38.0 Å². The Morgan fingerprint density at radius 3 is 2.36 bits per heavy atom. The van der Waals surface area contributed by atoms with Gasteiger partial charge in [0.05, 0.1) is 4.92 Å². The maximum Gasteiger partial charge on any atom is 0.294 e. The van der Waals surface area contributed by atoms with E-state index >= 15 is 0 Å². The molecule has 0 saturated heterocycles. The molecule has 0 bridgehead atoms. The van der Waals surface area contributed by atoms with Gasteiger partial charge in [-0.1, -0.05) is 30.3 Å². The highest BCUT2D eigenvalue weighted by atomic mass is 16.6. The van der Waals surface area contributed by atoms with Crippen LogP contribution in [0.2, 0.25) is 0 Å². The van der Waals surface area contributed by atoms with Crippen molar-refractivity contribution in [3.63, 3.8) is 0 Å². The van der Waals surface area contributed by atoms with Crippen LogP contribution in [0.4, 0.5) is 11.4 Å². The van der Waals surface area contributed by atoms with Crippen LogP contribution in [0.1, 0.15) is 27.3 Å². The first-order valence-corrected chi connectivity index (χ1v) is 8.52. The average molecular weight is 378 g/mol. The van der Waals surface area contributed by atoms with E-state index in [0.29, 0.717) is 11.4 Å². The number of nitro benzene ring substituents is 1. The fourth-order valence-corrected chi connectivity index (χ4v) is 2.93. The smallest absolute Gasteiger partial charge is 0.294 e. The molecule has 8 nitrogen and oxygen atoms in total. The van der Waals surface area contributed by atoms with Crippen LogP contribution in [0.5, 0.6) is 0 Å². The van der Waals surface area contributed by atoms with Gasteiger partial charge in [0, 0.05) is 23.5 Å². The number of nitrogens with one attached hydrogen (secondary N) is 1. The van der Waals surface area contributed by atoms with E-state index in [1.54, 1.807) is 13.0 Å². The molecule has 28 heavy (non-hydrogen) atoms. The summed E-state index contributed by atoms with van der Waals surface area (Å²) in [5.41, 5.74) is 1.77. The second-order valence-electron chi connectivity index (χ2n) is 6.38. The van der Waals surface area contributed by atoms with Crippen molar-refractivity contribution in [2.75, 3.05) is 5.32 Å². The Bertz CT molecular complexity index is 1130. The van der Waals surface area contributed by atoms with Gasteiger partial charge in [-0.3, -0.25) is 19.7 Å². The summed E-state index contributed by atoms with van der Waals surface area (Å²) in [6, 6.07) is 12.8. The molecule has 0 fully saturated rings. The monoisotopic (exact) mass is 378 g/mol. The number of aryl methyl sites for hydroxylation is 3. The van der Waals surface area contributed by atoms with Crippen LogP contribution in [0.3, 0.4) is 0 Å². The summed E-state index contributed by atoms with van der Waals surface area (Å²) in [5, 5.41) is 18.2. The molecule has 3 aromatic rings. The number of carbonyl (C=O) groups excluding carboxylic acids is 1. The maximum absolute atomic E-state index is 12.7. The minimum atomic E-state index is -0.672. The number of para-hydroxylation sites is 3. The van der Waals surface area contributed by atoms with Gasteiger partial charge in [0.2, 0.25) is 5.43 Å². The summed E-state index contributed by atoms with van der Waals surface area (Å²) in [7, 11) is 0. The fraction of sp³-hybridized carbons (Fsp3) is 0.150. The summed E-state index contributed by atoms with van der Waals surface area (Å²) >= 11 is 0. The zero-order valence-corrected chi connectivity index (χ0v) is 15.6. The van der Waals surface area contributed by atoms with Crippen molar-refractivity contribution in [3.05, 3.63) is 91.4 Å². The number of rotatable bonds is 4. The minimum absolute atomic E-state index is 0.172. The van der Waals surface area contributed by atoms with Gasteiger partial charge in [-0.15, -0.1) is 0 Å². The molecule has 0 aliphatic rings. The van der Waals surface area contributed by atoms with Crippen molar-refractivity contribution < 1.29 is 9.72 Å². The Hall–Kier alpha value is -3.81. The quantitative estimate of drug-likeness (QED) is 0.553. The lowest BCUT2D eigenvalue weighted by atomic mass is 10.1. The average Bonchev–Trinajstić information content (AvgIpc) is 2.65. The number of benzene rings is 2. The van der Waals surface area contributed by atoms with Crippen LogP contribution in [0.25, 0.3) is 5.69 Å². The van der Waals surface area contributed by atoms with E-state index in [-0.39, 0.29) is 17.1 Å². The van der Waals surface area contributed by atoms with E-state index in [2.05, 4.69) is 10.4 Å². The van der Waals surface area contributed by atoms with E-state index in [4.69, 9.17) is 0 Å². The highest BCUT2D eigenvalue weighted by Crippen LogP contribution is 2.23. The van der Waals surface area contributed by atoms with Gasteiger partial charge >= 0.3 is 0 Å². The fourth-order valence-electron chi connectivity index (χ4n) is 2.93. The molecule has 3 rings (SSSR count). The lowest BCUT2D eigenvalue weighted by Crippen LogP contribution is -2.27. The topological polar surface area (TPSA) is 107 Å². The van der Waals surface area contributed by atoms with Crippen LogP contribution in [0.15, 0.2) is 53.3 Å². The van der Waals surface area contributed by atoms with Gasteiger partial charge < -0.3 is 5.32 Å². The lowest BCUT2D eigenvalue weighted by molar-refractivity contribution is -0.384. The first-order valence-electron chi connectivity index (χ1n) is 8.52. The number of aromatic nitrogens is 2. The van der Waals surface area contributed by atoms with Crippen molar-refractivity contribution in [2.24, 2.45) is 0 Å². The van der Waals surface area contributed by atoms with Crippen molar-refractivity contribution in [3.8, 4) is 5.69 Å². The molecule has 0 aliphatic carbocycles. The third kappa shape index (κ3) is 3.52. The Morgan fingerprint density at radius 1 is 1.07 bits per heavy atom. The van der Waals surface area contributed by atoms with Crippen LogP contribution < -0.4 is 10.7 Å². The van der Waals surface area contributed by atoms with E-state index in [1.165, 1.54) is 28.9 Å². The predicted molar refractivity (Wildman–Crippen MR) is 105 cm³/mol. The number of hydrogen-bond acceptors (Lipinski definition) is 5. The molecule has 0 radical (unpaired) electrons. The molecule has 1 aromatic heterocycles. The Balaban J connectivity index is 2.09. The maximum atomic E-state index is 12.7. The third-order valence-electron chi connectivity index (χ3n) is 4.35. The van der Waals surface area contributed by atoms with Gasteiger partial charge in [-0.2, -0.15) is 5.10 Å². The van der Waals surface area contributed by atoms with E-state index < -0.39 is 16.3 Å². The molecule has 2 aromatic carbocycles. The Kier molecular flexibility index (Phi) is 5.04. The van der Waals surface area contributed by atoms with E-state index in [0.717, 1.165) is 11.1 Å². The van der Waals surface area contributed by atoms with Crippen LogP contribution in [-0.2, 0) is 0 Å². The number of nitrogens with zero attached hydrogens (tertiary/aromatic N) is 3. The van der Waals surface area contributed by atoms with Crippen molar-refractivity contribution in [1.29, 1.82) is 0 Å². The number of amides is 1. The highest BCUT2D eigenvalue weighted by Gasteiger charge is 2.20. The number of nitro groups is 1. The second kappa shape index (κ2) is 7.43. The summed E-state index contributed by atoms with van der Waals surface area (Å²) in [5.74, 6) is -0.672. The van der Waals surface area contributed by atoms with Crippen molar-refractivity contribution in [1.82, 2.24) is 9.78 Å². The molecule has 0 spiro atoms. The minimum Gasteiger partial charge on any atom is -0.320 e. The summed E-state index contributed by atoms with van der Waals surface area (Å²) in [4.78, 5) is 35.9. The molecule has 0 atom stereocenters. The zero-order valence-electron chi connectivity index (χ0n) is 15.6. The molecule has 0 saturated carbocycles. The molecule has 0 aliphatic heterocycles. The largest absolute Gasteiger partial charge is 0.320 e. The molecule has 1 amide bonds. The summed E-state index contributed by atoms with van der Waals surface area (Å²) < 4.78 is 1.24. The highest BCUT2D eigenvalue weighted by molar-refractivity contribution is 6.03.